The predicted octanol–water partition coefficient (Wildman–Crippen LogP) is 2.59. The molecule has 3 rings (SSSR count). The van der Waals surface area contributed by atoms with Crippen LogP contribution in [0, 0.1) is 5.92 Å². The topological polar surface area (TPSA) is 138 Å². The summed E-state index contributed by atoms with van der Waals surface area (Å²) in [6.07, 6.45) is 4.09. The van der Waals surface area contributed by atoms with Gasteiger partial charge >= 0.3 is 0 Å². The van der Waals surface area contributed by atoms with Crippen LogP contribution in [0.3, 0.4) is 0 Å². The van der Waals surface area contributed by atoms with Crippen LogP contribution in [0.25, 0.3) is 21.9 Å². The molecule has 0 radical (unpaired) electrons. The van der Waals surface area contributed by atoms with E-state index in [4.69, 9.17) is 21.2 Å². The lowest BCUT2D eigenvalue weighted by atomic mass is 9.98. The van der Waals surface area contributed by atoms with E-state index >= 15 is 0 Å². The number of carbonyl (C=O) groups is 2. The zero-order chi connectivity index (χ0) is 24.5. The molecule has 0 spiro atoms. The highest BCUT2D eigenvalue weighted by Gasteiger charge is 2.17. The number of Topliss-reactive ketones (excluding diaryl/α,β-unsaturated/α-hetero) is 1. The van der Waals surface area contributed by atoms with Crippen molar-refractivity contribution < 1.29 is 14.3 Å². The molecule has 0 saturated carbocycles. The third kappa shape index (κ3) is 6.30. The number of ketones is 1. The monoisotopic (exact) mass is 468 g/mol. The summed E-state index contributed by atoms with van der Waals surface area (Å²) in [6.45, 7) is 4.33. The SMILES string of the molecule is CC[C@@H](CCC(=O)CNCCCCn1c(CCOC)nc2c(N)nc3ccccc3c21)C(N)=O. The van der Waals surface area contributed by atoms with Gasteiger partial charge in [-0.1, -0.05) is 25.1 Å². The second kappa shape index (κ2) is 12.4. The second-order valence-electron chi connectivity index (χ2n) is 8.60. The van der Waals surface area contributed by atoms with E-state index in [1.165, 1.54) is 0 Å². The van der Waals surface area contributed by atoms with Crippen molar-refractivity contribution in [2.75, 3.05) is 32.5 Å². The summed E-state index contributed by atoms with van der Waals surface area (Å²) in [5, 5.41) is 4.26. The Kier molecular flexibility index (Phi) is 9.35. The zero-order valence-electron chi connectivity index (χ0n) is 20.2. The van der Waals surface area contributed by atoms with E-state index in [2.05, 4.69) is 20.9 Å². The minimum atomic E-state index is -0.328. The minimum absolute atomic E-state index is 0.108. The molecule has 0 aliphatic carbocycles. The highest BCUT2D eigenvalue weighted by molar-refractivity contribution is 6.06. The molecule has 9 nitrogen and oxygen atoms in total. The number of nitrogen functional groups attached to an aromatic ring is 1. The van der Waals surface area contributed by atoms with E-state index in [0.29, 0.717) is 44.7 Å². The van der Waals surface area contributed by atoms with Gasteiger partial charge in [0.05, 0.1) is 24.2 Å². The quantitative estimate of drug-likeness (QED) is 0.291. The van der Waals surface area contributed by atoms with Crippen LogP contribution in [0.5, 0.6) is 0 Å². The van der Waals surface area contributed by atoms with Gasteiger partial charge in [0.25, 0.3) is 0 Å². The van der Waals surface area contributed by atoms with Gasteiger partial charge in [0.2, 0.25) is 5.91 Å². The van der Waals surface area contributed by atoms with Crippen LogP contribution in [0.2, 0.25) is 0 Å². The maximum absolute atomic E-state index is 12.1. The lowest BCUT2D eigenvalue weighted by molar-refractivity contribution is -0.122. The van der Waals surface area contributed by atoms with Crippen LogP contribution >= 0.6 is 0 Å². The number of anilines is 1. The van der Waals surface area contributed by atoms with Gasteiger partial charge < -0.3 is 26.1 Å². The van der Waals surface area contributed by atoms with E-state index < -0.39 is 0 Å². The zero-order valence-corrected chi connectivity index (χ0v) is 20.2. The van der Waals surface area contributed by atoms with Crippen molar-refractivity contribution in [3.05, 3.63) is 30.1 Å². The molecule has 0 aliphatic heterocycles. The van der Waals surface area contributed by atoms with Crippen LogP contribution in [-0.4, -0.2) is 53.0 Å². The molecular weight excluding hydrogens is 432 g/mol. The van der Waals surface area contributed by atoms with Crippen molar-refractivity contribution in [3.63, 3.8) is 0 Å². The van der Waals surface area contributed by atoms with Crippen molar-refractivity contribution in [2.24, 2.45) is 11.7 Å². The van der Waals surface area contributed by atoms with Gasteiger partial charge in [-0.25, -0.2) is 9.97 Å². The summed E-state index contributed by atoms with van der Waals surface area (Å²) in [5.41, 5.74) is 14.2. The van der Waals surface area contributed by atoms with Gasteiger partial charge in [0.15, 0.2) is 5.82 Å². The highest BCUT2D eigenvalue weighted by Crippen LogP contribution is 2.29. The number of benzene rings is 1. The van der Waals surface area contributed by atoms with Crippen molar-refractivity contribution in [1.29, 1.82) is 0 Å². The third-order valence-corrected chi connectivity index (χ3v) is 6.19. The lowest BCUT2D eigenvalue weighted by Gasteiger charge is -2.12. The van der Waals surface area contributed by atoms with E-state index in [1.807, 2.05) is 25.1 Å². The molecule has 0 saturated heterocycles. The summed E-state index contributed by atoms with van der Waals surface area (Å²) in [6, 6.07) is 7.97. The molecule has 2 aromatic heterocycles. The summed E-state index contributed by atoms with van der Waals surface area (Å²) in [5.74, 6) is 0.932. The third-order valence-electron chi connectivity index (χ3n) is 6.19. The van der Waals surface area contributed by atoms with Gasteiger partial charge in [-0.05, 0) is 38.3 Å². The number of unbranched alkanes of at least 4 members (excludes halogenated alkanes) is 1. The molecule has 9 heteroatoms. The Balaban J connectivity index is 1.58. The van der Waals surface area contributed by atoms with E-state index in [-0.39, 0.29) is 17.6 Å². The van der Waals surface area contributed by atoms with Crippen LogP contribution in [-0.2, 0) is 27.3 Å². The number of hydrogen-bond acceptors (Lipinski definition) is 7. The van der Waals surface area contributed by atoms with Crippen LogP contribution in [0.4, 0.5) is 5.82 Å². The molecule has 0 unspecified atom stereocenters. The van der Waals surface area contributed by atoms with Gasteiger partial charge in [-0.3, -0.25) is 9.59 Å². The summed E-state index contributed by atoms with van der Waals surface area (Å²) >= 11 is 0. The maximum Gasteiger partial charge on any atom is 0.220 e. The van der Waals surface area contributed by atoms with Crippen LogP contribution in [0.15, 0.2) is 24.3 Å². The fraction of sp³-hybridized carbons (Fsp3) is 0.520. The number of nitrogens with one attached hydrogen (secondary N) is 1. The number of hydrogen-bond donors (Lipinski definition) is 3. The van der Waals surface area contributed by atoms with E-state index in [1.54, 1.807) is 7.11 Å². The second-order valence-corrected chi connectivity index (χ2v) is 8.60. The number of methoxy groups -OCH3 is 1. The lowest BCUT2D eigenvalue weighted by Crippen LogP contribution is -2.27. The molecule has 0 aliphatic rings. The molecule has 2 heterocycles. The summed E-state index contributed by atoms with van der Waals surface area (Å²) in [4.78, 5) is 32.7. The molecule has 34 heavy (non-hydrogen) atoms. The fourth-order valence-electron chi connectivity index (χ4n) is 4.25. The number of rotatable bonds is 15. The molecular formula is C25H36N6O3. The first kappa shape index (κ1) is 25.6. The number of aryl methyl sites for hydroxylation is 1. The number of imidazole rings is 1. The number of carbonyl (C=O) groups excluding carboxylic acids is 2. The molecule has 5 N–H and O–H groups in total. The Morgan fingerprint density at radius 1 is 1.21 bits per heavy atom. The number of amides is 1. The Morgan fingerprint density at radius 3 is 2.74 bits per heavy atom. The van der Waals surface area contributed by atoms with Gasteiger partial charge in [-0.2, -0.15) is 0 Å². The molecule has 1 atom stereocenters. The van der Waals surface area contributed by atoms with E-state index in [0.717, 1.165) is 53.7 Å². The average Bonchev–Trinajstić information content (AvgIpc) is 3.19. The summed E-state index contributed by atoms with van der Waals surface area (Å²) in [7, 11) is 1.68. The van der Waals surface area contributed by atoms with E-state index in [9.17, 15) is 9.59 Å². The van der Waals surface area contributed by atoms with Gasteiger partial charge in [0, 0.05) is 37.8 Å². The Morgan fingerprint density at radius 2 is 2.00 bits per heavy atom. The molecule has 0 fully saturated rings. The molecule has 1 aromatic carbocycles. The fourth-order valence-corrected chi connectivity index (χ4v) is 4.25. The minimum Gasteiger partial charge on any atom is -0.384 e. The standard InChI is InChI=1S/C25H36N6O3/c1-3-17(25(27)33)10-11-18(32)16-28-13-6-7-14-31-21(12-15-34-2)30-22-23(31)19-8-4-5-9-20(19)29-24(22)26/h4-5,8-9,17,28H,3,6-7,10-16H2,1-2H3,(H2,26,29)(H2,27,33)/t17-/m0/s1. The van der Waals surface area contributed by atoms with Crippen molar-refractivity contribution >= 4 is 39.4 Å². The molecule has 1 amide bonds. The van der Waals surface area contributed by atoms with Crippen LogP contribution in [0.1, 0.15) is 44.9 Å². The summed E-state index contributed by atoms with van der Waals surface area (Å²) < 4.78 is 7.51. The van der Waals surface area contributed by atoms with Crippen molar-refractivity contribution in [2.45, 2.75) is 52.0 Å². The molecule has 184 valence electrons. The number of aromatic nitrogens is 3. The number of nitrogens with two attached hydrogens (primary N) is 2. The largest absolute Gasteiger partial charge is 0.384 e. The first-order valence-corrected chi connectivity index (χ1v) is 12.0. The van der Waals surface area contributed by atoms with Crippen molar-refractivity contribution in [3.8, 4) is 0 Å². The highest BCUT2D eigenvalue weighted by atomic mass is 16.5. The number of fused-ring (bicyclic) bond motifs is 3. The smallest absolute Gasteiger partial charge is 0.220 e. The van der Waals surface area contributed by atoms with Gasteiger partial charge in [-0.15, -0.1) is 0 Å². The molecule has 3 aromatic rings. The number of ether oxygens (including phenoxy) is 1. The number of pyridine rings is 1. The first-order chi connectivity index (χ1) is 16.5. The van der Waals surface area contributed by atoms with Gasteiger partial charge in [0.1, 0.15) is 17.1 Å². The Bertz CT molecular complexity index is 1130. The number of para-hydroxylation sites is 1. The maximum atomic E-state index is 12.1. The number of nitrogens with zero attached hydrogens (tertiary/aromatic N) is 3. The Hall–Kier alpha value is -3.04. The van der Waals surface area contributed by atoms with Crippen molar-refractivity contribution in [1.82, 2.24) is 19.9 Å². The number of primary amides is 1. The van der Waals surface area contributed by atoms with Crippen LogP contribution < -0.4 is 16.8 Å². The first-order valence-electron chi connectivity index (χ1n) is 12.0. The normalized spacial score (nSPS) is 12.4. The molecule has 0 bridgehead atoms. The average molecular weight is 469 g/mol. The Labute approximate surface area is 200 Å². The predicted molar refractivity (Wildman–Crippen MR) is 134 cm³/mol.